The first-order valence-electron chi connectivity index (χ1n) is 9.48. The van der Waals surface area contributed by atoms with Crippen LogP contribution < -0.4 is 10.6 Å². The van der Waals surface area contributed by atoms with Crippen LogP contribution >= 0.6 is 0 Å². The Kier molecular flexibility index (Phi) is 4.35. The normalized spacial score (nSPS) is 20.5. The van der Waals surface area contributed by atoms with E-state index >= 15 is 0 Å². The smallest absolute Gasteiger partial charge is 0.337 e. The van der Waals surface area contributed by atoms with E-state index in [0.29, 0.717) is 35.6 Å². The summed E-state index contributed by atoms with van der Waals surface area (Å²) in [4.78, 5) is 25.0. The van der Waals surface area contributed by atoms with Crippen molar-refractivity contribution in [2.75, 3.05) is 17.7 Å². The highest BCUT2D eigenvalue weighted by atomic mass is 16.6. The molecule has 2 aliphatic rings. The number of methoxy groups -OCH3 is 1. The molecule has 152 valence electrons. The quantitative estimate of drug-likeness (QED) is 0.630. The number of anilines is 2. The van der Waals surface area contributed by atoms with Crippen molar-refractivity contribution < 1.29 is 23.4 Å². The molecule has 0 amide bonds. The Morgan fingerprint density at radius 3 is 2.67 bits per heavy atom. The molecule has 9 nitrogen and oxygen atoms in total. The Morgan fingerprint density at radius 2 is 1.93 bits per heavy atom. The number of Topliss-reactive ketones (excluding diaryl/α,β-unsaturated/α-hetero) is 1. The molecule has 2 atom stereocenters. The Labute approximate surface area is 171 Å². The van der Waals surface area contributed by atoms with E-state index in [1.54, 1.807) is 30.5 Å². The maximum absolute atomic E-state index is 13.2. The van der Waals surface area contributed by atoms with Gasteiger partial charge in [0.2, 0.25) is 11.6 Å². The zero-order chi connectivity index (χ0) is 20.7. The fraction of sp³-hybridized carbons (Fsp3) is 0.238. The van der Waals surface area contributed by atoms with E-state index in [1.807, 2.05) is 12.1 Å². The summed E-state index contributed by atoms with van der Waals surface area (Å²) in [7, 11) is 1.33. The number of ether oxygens (including phenoxy) is 1. The molecule has 0 saturated carbocycles. The predicted molar refractivity (Wildman–Crippen MR) is 105 cm³/mol. The molecule has 1 aromatic carbocycles. The van der Waals surface area contributed by atoms with Gasteiger partial charge in [-0.15, -0.1) is 0 Å². The van der Waals surface area contributed by atoms with Gasteiger partial charge >= 0.3 is 5.97 Å². The van der Waals surface area contributed by atoms with Crippen molar-refractivity contribution in [2.24, 2.45) is 0 Å². The van der Waals surface area contributed by atoms with Gasteiger partial charge in [0.05, 0.1) is 25.0 Å². The Bertz CT molecular complexity index is 1130. The number of carbonyl (C=O) groups is 2. The summed E-state index contributed by atoms with van der Waals surface area (Å²) in [6.45, 7) is 0. The lowest BCUT2D eigenvalue weighted by molar-refractivity contribution is -0.116. The van der Waals surface area contributed by atoms with Gasteiger partial charge in [0, 0.05) is 23.6 Å². The molecule has 2 N–H and O–H groups in total. The highest BCUT2D eigenvalue weighted by Gasteiger charge is 2.38. The van der Waals surface area contributed by atoms with Gasteiger partial charge in [0.25, 0.3) is 0 Å². The number of aromatic nitrogens is 2. The summed E-state index contributed by atoms with van der Waals surface area (Å²) in [5.41, 5.74) is 2.59. The number of allylic oxidation sites excluding steroid dienone is 1. The SMILES string of the molecule is COC(=O)c1ccc([C@H]2Nc3nonc3NC3=C2C(=O)C[C@H](c2ccco2)C3)cc1. The van der Waals surface area contributed by atoms with Crippen LogP contribution in [0, 0.1) is 0 Å². The first-order chi connectivity index (χ1) is 14.6. The number of esters is 1. The number of furan rings is 1. The molecule has 0 unspecified atom stereocenters. The Morgan fingerprint density at radius 1 is 1.13 bits per heavy atom. The maximum atomic E-state index is 13.2. The van der Waals surface area contributed by atoms with Crippen LogP contribution in [-0.2, 0) is 9.53 Å². The van der Waals surface area contributed by atoms with Gasteiger partial charge < -0.3 is 19.8 Å². The van der Waals surface area contributed by atoms with Crippen LogP contribution in [0.15, 0.2) is 63.0 Å². The molecule has 0 saturated heterocycles. The molecule has 1 aliphatic carbocycles. The molecule has 2 aromatic heterocycles. The van der Waals surface area contributed by atoms with E-state index in [1.165, 1.54) is 7.11 Å². The van der Waals surface area contributed by atoms with E-state index in [2.05, 4.69) is 20.9 Å². The van der Waals surface area contributed by atoms with Gasteiger partial charge in [0.15, 0.2) is 5.78 Å². The number of nitrogens with zero attached hydrogens (tertiary/aromatic N) is 2. The molecule has 0 fully saturated rings. The summed E-state index contributed by atoms with van der Waals surface area (Å²) in [6.07, 6.45) is 2.53. The third kappa shape index (κ3) is 3.04. The molecule has 3 aromatic rings. The largest absolute Gasteiger partial charge is 0.469 e. The molecule has 3 heterocycles. The van der Waals surface area contributed by atoms with Crippen LogP contribution in [-0.4, -0.2) is 29.2 Å². The fourth-order valence-corrected chi connectivity index (χ4v) is 4.01. The van der Waals surface area contributed by atoms with Crippen molar-refractivity contribution in [2.45, 2.75) is 24.8 Å². The average molecular weight is 406 g/mol. The van der Waals surface area contributed by atoms with Gasteiger partial charge in [-0.1, -0.05) is 12.1 Å². The Balaban J connectivity index is 1.56. The highest BCUT2D eigenvalue weighted by molar-refractivity contribution is 6.00. The number of hydrogen-bond donors (Lipinski definition) is 2. The molecule has 0 radical (unpaired) electrons. The second-order valence-electron chi connectivity index (χ2n) is 7.21. The second kappa shape index (κ2) is 7.18. The lowest BCUT2D eigenvalue weighted by Gasteiger charge is -2.28. The number of fused-ring (bicyclic) bond motifs is 1. The molecule has 5 rings (SSSR count). The predicted octanol–water partition coefficient (Wildman–Crippen LogP) is 3.43. The minimum Gasteiger partial charge on any atom is -0.469 e. The molecule has 30 heavy (non-hydrogen) atoms. The molecular formula is C21H18N4O5. The van der Waals surface area contributed by atoms with Gasteiger partial charge in [-0.3, -0.25) is 4.79 Å². The molecule has 1 aliphatic heterocycles. The summed E-state index contributed by atoms with van der Waals surface area (Å²) in [5, 5.41) is 14.3. The number of benzene rings is 1. The monoisotopic (exact) mass is 406 g/mol. The van der Waals surface area contributed by atoms with Gasteiger partial charge in [-0.05, 0) is 46.6 Å². The minimum absolute atomic E-state index is 0.00165. The lowest BCUT2D eigenvalue weighted by atomic mass is 9.80. The van der Waals surface area contributed by atoms with Crippen molar-refractivity contribution in [1.82, 2.24) is 10.3 Å². The number of nitrogens with one attached hydrogen (secondary N) is 2. The third-order valence-electron chi connectivity index (χ3n) is 5.45. The van der Waals surface area contributed by atoms with E-state index < -0.39 is 12.0 Å². The van der Waals surface area contributed by atoms with E-state index in [4.69, 9.17) is 13.8 Å². The fourth-order valence-electron chi connectivity index (χ4n) is 4.01. The number of ketones is 1. The lowest BCUT2D eigenvalue weighted by Crippen LogP contribution is -2.27. The van der Waals surface area contributed by atoms with Crippen LogP contribution in [0.1, 0.15) is 46.5 Å². The minimum atomic E-state index is -0.475. The van der Waals surface area contributed by atoms with Crippen LogP contribution in [0.5, 0.6) is 0 Å². The van der Waals surface area contributed by atoms with Crippen molar-refractivity contribution in [3.63, 3.8) is 0 Å². The van der Waals surface area contributed by atoms with Crippen LogP contribution in [0.3, 0.4) is 0 Å². The first-order valence-corrected chi connectivity index (χ1v) is 9.48. The summed E-state index contributed by atoms with van der Waals surface area (Å²) >= 11 is 0. The average Bonchev–Trinajstić information content (AvgIpc) is 3.42. The summed E-state index contributed by atoms with van der Waals surface area (Å²) in [6, 6.07) is 10.1. The van der Waals surface area contributed by atoms with E-state index in [9.17, 15) is 9.59 Å². The topological polar surface area (TPSA) is 119 Å². The van der Waals surface area contributed by atoms with E-state index in [0.717, 1.165) is 17.0 Å². The molecular weight excluding hydrogens is 388 g/mol. The second-order valence-corrected chi connectivity index (χ2v) is 7.21. The zero-order valence-electron chi connectivity index (χ0n) is 16.0. The molecule has 0 bridgehead atoms. The maximum Gasteiger partial charge on any atom is 0.337 e. The number of hydrogen-bond acceptors (Lipinski definition) is 9. The van der Waals surface area contributed by atoms with E-state index in [-0.39, 0.29) is 11.7 Å². The standard InChI is InChI=1S/C21H18N4O5/c1-28-21(27)12-6-4-11(5-7-12)18-17-14(22-19-20(23-18)25-30-24-19)9-13(10-15(17)26)16-3-2-8-29-16/h2-8,13,18H,9-10H2,1H3,(H,22,24)(H,23,25)/t13-,18-/m1/s1. The molecule has 0 spiro atoms. The van der Waals surface area contributed by atoms with Gasteiger partial charge in [0.1, 0.15) is 5.76 Å². The van der Waals surface area contributed by atoms with Crippen LogP contribution in [0.2, 0.25) is 0 Å². The zero-order valence-corrected chi connectivity index (χ0v) is 16.0. The summed E-state index contributed by atoms with van der Waals surface area (Å²) in [5.74, 6) is 1.11. The number of carbonyl (C=O) groups excluding carboxylic acids is 2. The van der Waals surface area contributed by atoms with Crippen LogP contribution in [0.4, 0.5) is 11.6 Å². The number of rotatable bonds is 3. The summed E-state index contributed by atoms with van der Waals surface area (Å²) < 4.78 is 15.2. The van der Waals surface area contributed by atoms with Crippen molar-refractivity contribution in [3.05, 3.63) is 70.8 Å². The van der Waals surface area contributed by atoms with Crippen molar-refractivity contribution in [3.8, 4) is 0 Å². The van der Waals surface area contributed by atoms with Crippen LogP contribution in [0.25, 0.3) is 0 Å². The Hall–Kier alpha value is -3.88. The highest BCUT2D eigenvalue weighted by Crippen LogP contribution is 2.43. The van der Waals surface area contributed by atoms with Gasteiger partial charge in [-0.2, -0.15) is 0 Å². The van der Waals surface area contributed by atoms with Gasteiger partial charge in [-0.25, -0.2) is 9.42 Å². The first kappa shape index (κ1) is 18.2. The third-order valence-corrected chi connectivity index (χ3v) is 5.45. The van der Waals surface area contributed by atoms with Crippen molar-refractivity contribution >= 4 is 23.4 Å². The molecule has 9 heteroatoms. The van der Waals surface area contributed by atoms with Crippen molar-refractivity contribution in [1.29, 1.82) is 0 Å².